The molecular formula is C7H14N2O. The monoisotopic (exact) mass is 142 g/mol. The Balaban J connectivity index is 2.47. The van der Waals surface area contributed by atoms with Crippen LogP contribution in [0.25, 0.3) is 0 Å². The van der Waals surface area contributed by atoms with Crippen LogP contribution in [-0.2, 0) is 4.74 Å². The minimum atomic E-state index is 0.259. The fourth-order valence-corrected chi connectivity index (χ4v) is 0.948. The van der Waals surface area contributed by atoms with E-state index in [0.29, 0.717) is 5.92 Å². The summed E-state index contributed by atoms with van der Waals surface area (Å²) in [7, 11) is 1.66. The molecule has 0 saturated carbocycles. The Morgan fingerprint density at radius 2 is 2.40 bits per heavy atom. The zero-order valence-electron chi connectivity index (χ0n) is 6.72. The molecule has 0 aromatic carbocycles. The second-order valence-corrected chi connectivity index (χ2v) is 2.80. The maximum absolute atomic E-state index is 4.98. The summed E-state index contributed by atoms with van der Waals surface area (Å²) < 4.78 is 4.98. The van der Waals surface area contributed by atoms with E-state index in [-0.39, 0.29) is 6.17 Å². The van der Waals surface area contributed by atoms with Crippen LogP contribution < -0.4 is 5.32 Å². The molecule has 0 radical (unpaired) electrons. The van der Waals surface area contributed by atoms with Crippen LogP contribution in [0.2, 0.25) is 0 Å². The van der Waals surface area contributed by atoms with Crippen molar-refractivity contribution in [1.82, 2.24) is 5.32 Å². The van der Waals surface area contributed by atoms with Gasteiger partial charge in [0.1, 0.15) is 6.17 Å². The fraction of sp³-hybridized carbons (Fsp3) is 0.857. The second kappa shape index (κ2) is 3.01. The Labute approximate surface area is 61.5 Å². The van der Waals surface area contributed by atoms with E-state index in [9.17, 15) is 0 Å². The molecule has 0 bridgehead atoms. The molecule has 0 aliphatic carbocycles. The zero-order chi connectivity index (χ0) is 7.56. The van der Waals surface area contributed by atoms with Gasteiger partial charge in [0, 0.05) is 0 Å². The number of hydrogen-bond donors (Lipinski definition) is 1. The molecule has 0 amide bonds. The van der Waals surface area contributed by atoms with Gasteiger partial charge in [-0.2, -0.15) is 0 Å². The predicted octanol–water partition coefficient (Wildman–Crippen LogP) is 0.617. The first-order valence-electron chi connectivity index (χ1n) is 3.58. The Bertz CT molecular complexity index is 143. The van der Waals surface area contributed by atoms with Gasteiger partial charge in [-0.3, -0.25) is 5.32 Å². The van der Waals surface area contributed by atoms with Crippen molar-refractivity contribution in [3.8, 4) is 0 Å². The largest absolute Gasteiger partial charge is 0.483 e. The first-order chi connectivity index (χ1) is 4.74. The van der Waals surface area contributed by atoms with Gasteiger partial charge in [0.25, 0.3) is 0 Å². The smallest absolute Gasteiger partial charge is 0.199 e. The van der Waals surface area contributed by atoms with Gasteiger partial charge in [0.05, 0.1) is 13.7 Å². The van der Waals surface area contributed by atoms with Gasteiger partial charge >= 0.3 is 0 Å². The van der Waals surface area contributed by atoms with Crippen molar-refractivity contribution in [2.75, 3.05) is 13.7 Å². The molecule has 0 saturated heterocycles. The number of nitrogens with one attached hydrogen (secondary N) is 1. The molecular weight excluding hydrogens is 128 g/mol. The molecule has 1 aliphatic rings. The minimum Gasteiger partial charge on any atom is -0.483 e. The summed E-state index contributed by atoms with van der Waals surface area (Å²) in [5.74, 6) is 1.37. The van der Waals surface area contributed by atoms with E-state index in [1.165, 1.54) is 0 Å². The topological polar surface area (TPSA) is 33.6 Å². The second-order valence-electron chi connectivity index (χ2n) is 2.80. The Morgan fingerprint density at radius 1 is 1.70 bits per heavy atom. The lowest BCUT2D eigenvalue weighted by Gasteiger charge is -2.09. The molecule has 1 N–H and O–H groups in total. The van der Waals surface area contributed by atoms with Crippen LogP contribution in [0.5, 0.6) is 0 Å². The number of aliphatic imine (C=N–C) groups is 1. The van der Waals surface area contributed by atoms with E-state index in [0.717, 1.165) is 12.4 Å². The summed E-state index contributed by atoms with van der Waals surface area (Å²) in [6, 6.07) is 0. The lowest BCUT2D eigenvalue weighted by molar-refractivity contribution is 0.398. The van der Waals surface area contributed by atoms with E-state index >= 15 is 0 Å². The number of methoxy groups -OCH3 is 1. The van der Waals surface area contributed by atoms with Crippen LogP contribution >= 0.6 is 0 Å². The van der Waals surface area contributed by atoms with Crippen molar-refractivity contribution in [3.05, 3.63) is 0 Å². The Hall–Kier alpha value is -0.570. The molecule has 1 aliphatic heterocycles. The number of hydrogen-bond acceptors (Lipinski definition) is 3. The molecule has 58 valence electrons. The molecule has 0 spiro atoms. The molecule has 0 aromatic rings. The van der Waals surface area contributed by atoms with Gasteiger partial charge in [-0.15, -0.1) is 0 Å². The Kier molecular flexibility index (Phi) is 2.27. The standard InChI is InChI=1S/C7H14N2O/c1-5(2)7-8-4-6(9-7)10-3/h5,7-8H,4H2,1-3H3. The first-order valence-corrected chi connectivity index (χ1v) is 3.58. The average molecular weight is 142 g/mol. The highest BCUT2D eigenvalue weighted by Gasteiger charge is 2.18. The lowest BCUT2D eigenvalue weighted by atomic mass is 10.2. The minimum absolute atomic E-state index is 0.259. The molecule has 1 atom stereocenters. The van der Waals surface area contributed by atoms with Gasteiger partial charge in [0.2, 0.25) is 0 Å². The fourth-order valence-electron chi connectivity index (χ4n) is 0.948. The highest BCUT2D eigenvalue weighted by molar-refractivity contribution is 5.79. The van der Waals surface area contributed by atoms with Crippen LogP contribution in [-0.4, -0.2) is 25.7 Å². The van der Waals surface area contributed by atoms with Crippen molar-refractivity contribution in [2.24, 2.45) is 10.9 Å². The summed E-state index contributed by atoms with van der Waals surface area (Å²) in [5.41, 5.74) is 0. The van der Waals surface area contributed by atoms with Crippen LogP contribution in [0.1, 0.15) is 13.8 Å². The van der Waals surface area contributed by atoms with Crippen molar-refractivity contribution in [2.45, 2.75) is 20.0 Å². The summed E-state index contributed by atoms with van der Waals surface area (Å²) in [4.78, 5) is 4.29. The van der Waals surface area contributed by atoms with E-state index < -0.39 is 0 Å². The molecule has 0 aromatic heterocycles. The maximum atomic E-state index is 4.98. The van der Waals surface area contributed by atoms with Crippen molar-refractivity contribution < 1.29 is 4.74 Å². The molecule has 0 fully saturated rings. The summed E-state index contributed by atoms with van der Waals surface area (Å²) in [6.07, 6.45) is 0.259. The van der Waals surface area contributed by atoms with Gasteiger partial charge in [0.15, 0.2) is 5.90 Å². The van der Waals surface area contributed by atoms with Crippen molar-refractivity contribution >= 4 is 5.90 Å². The van der Waals surface area contributed by atoms with Crippen LogP contribution in [0, 0.1) is 5.92 Å². The number of nitrogens with zero attached hydrogens (tertiary/aromatic N) is 1. The highest BCUT2D eigenvalue weighted by atomic mass is 16.5. The van der Waals surface area contributed by atoms with Crippen LogP contribution in [0.4, 0.5) is 0 Å². The maximum Gasteiger partial charge on any atom is 0.199 e. The third-order valence-corrected chi connectivity index (χ3v) is 1.61. The van der Waals surface area contributed by atoms with Crippen LogP contribution in [0.3, 0.4) is 0 Å². The van der Waals surface area contributed by atoms with E-state index in [2.05, 4.69) is 24.2 Å². The molecule has 1 unspecified atom stereocenters. The van der Waals surface area contributed by atoms with E-state index in [1.54, 1.807) is 7.11 Å². The normalized spacial score (nSPS) is 25.2. The van der Waals surface area contributed by atoms with Gasteiger partial charge in [-0.25, -0.2) is 4.99 Å². The third-order valence-electron chi connectivity index (χ3n) is 1.61. The summed E-state index contributed by atoms with van der Waals surface area (Å²) in [6.45, 7) is 5.05. The summed E-state index contributed by atoms with van der Waals surface area (Å²) in [5, 5.41) is 3.23. The summed E-state index contributed by atoms with van der Waals surface area (Å²) >= 11 is 0. The van der Waals surface area contributed by atoms with E-state index in [4.69, 9.17) is 4.74 Å². The molecule has 3 nitrogen and oxygen atoms in total. The first kappa shape index (κ1) is 7.54. The molecule has 10 heavy (non-hydrogen) atoms. The zero-order valence-corrected chi connectivity index (χ0v) is 6.72. The highest BCUT2D eigenvalue weighted by Crippen LogP contribution is 2.07. The molecule has 3 heteroatoms. The predicted molar refractivity (Wildman–Crippen MR) is 41.1 cm³/mol. The molecule has 1 rings (SSSR count). The number of rotatable bonds is 1. The quantitative estimate of drug-likeness (QED) is 0.582. The van der Waals surface area contributed by atoms with Crippen molar-refractivity contribution in [1.29, 1.82) is 0 Å². The third kappa shape index (κ3) is 1.48. The van der Waals surface area contributed by atoms with Crippen LogP contribution in [0.15, 0.2) is 4.99 Å². The molecule has 1 heterocycles. The van der Waals surface area contributed by atoms with Gasteiger partial charge in [-0.1, -0.05) is 13.8 Å². The average Bonchev–Trinajstić information content (AvgIpc) is 2.34. The number of ether oxygens (including phenoxy) is 1. The SMILES string of the molecule is COC1=NC(C(C)C)NC1. The lowest BCUT2D eigenvalue weighted by Crippen LogP contribution is -2.27. The Morgan fingerprint density at radius 3 is 2.70 bits per heavy atom. The van der Waals surface area contributed by atoms with Gasteiger partial charge < -0.3 is 4.74 Å². The van der Waals surface area contributed by atoms with Gasteiger partial charge in [-0.05, 0) is 5.92 Å². The van der Waals surface area contributed by atoms with E-state index in [1.807, 2.05) is 0 Å². The van der Waals surface area contributed by atoms with Crippen molar-refractivity contribution in [3.63, 3.8) is 0 Å².